The van der Waals surface area contributed by atoms with Gasteiger partial charge in [0.2, 0.25) is 0 Å². The molecule has 0 aliphatic carbocycles. The molecule has 2 aliphatic rings. The predicted molar refractivity (Wildman–Crippen MR) is 71.0 cm³/mol. The highest BCUT2D eigenvalue weighted by Gasteiger charge is 2.35. The van der Waals surface area contributed by atoms with E-state index >= 15 is 0 Å². The molecule has 0 aromatic carbocycles. The maximum atomic E-state index is 5.93. The van der Waals surface area contributed by atoms with E-state index < -0.39 is 0 Å². The smallest absolute Gasteiger partial charge is 0.0973 e. The number of piperidine rings is 1. The summed E-state index contributed by atoms with van der Waals surface area (Å²) in [5.41, 5.74) is 0. The van der Waals surface area contributed by atoms with Gasteiger partial charge >= 0.3 is 0 Å². The molecule has 2 aliphatic heterocycles. The molecule has 2 fully saturated rings. The van der Waals surface area contributed by atoms with E-state index in [2.05, 4.69) is 31.0 Å². The van der Waals surface area contributed by atoms with Gasteiger partial charge in [-0.25, -0.2) is 0 Å². The van der Waals surface area contributed by atoms with Crippen molar-refractivity contribution in [1.29, 1.82) is 0 Å². The van der Waals surface area contributed by atoms with E-state index in [1.54, 1.807) is 0 Å². The Kier molecular flexibility index (Phi) is 4.83. The van der Waals surface area contributed by atoms with Crippen molar-refractivity contribution in [1.82, 2.24) is 10.2 Å². The van der Waals surface area contributed by atoms with Crippen LogP contribution < -0.4 is 5.32 Å². The third-order valence-corrected chi connectivity index (χ3v) is 4.19. The summed E-state index contributed by atoms with van der Waals surface area (Å²) in [6.07, 6.45) is 5.74. The van der Waals surface area contributed by atoms with Crippen LogP contribution in [0.3, 0.4) is 0 Å². The van der Waals surface area contributed by atoms with Crippen LogP contribution in [0.4, 0.5) is 0 Å². The number of rotatable bonds is 4. The first-order valence-corrected chi connectivity index (χ1v) is 7.27. The van der Waals surface area contributed by atoms with E-state index in [-0.39, 0.29) is 0 Å². The van der Waals surface area contributed by atoms with Crippen molar-refractivity contribution in [2.45, 2.75) is 64.6 Å². The van der Waals surface area contributed by atoms with Crippen molar-refractivity contribution in [3.05, 3.63) is 0 Å². The second-order valence-electron chi connectivity index (χ2n) is 6.05. The van der Waals surface area contributed by atoms with Crippen LogP contribution in [0.2, 0.25) is 0 Å². The Bertz CT molecular complexity index is 226. The van der Waals surface area contributed by atoms with E-state index in [9.17, 15) is 0 Å². The fraction of sp³-hybridized carbons (Fsp3) is 1.00. The lowest BCUT2D eigenvalue weighted by molar-refractivity contribution is 0.0154. The van der Waals surface area contributed by atoms with Crippen LogP contribution in [0.5, 0.6) is 0 Å². The number of ether oxygens (including phenoxy) is 1. The van der Waals surface area contributed by atoms with E-state index in [1.165, 1.54) is 38.8 Å². The van der Waals surface area contributed by atoms with Gasteiger partial charge in [0.15, 0.2) is 0 Å². The lowest BCUT2D eigenvalue weighted by atomic mass is 9.94. The minimum absolute atomic E-state index is 0.385. The Morgan fingerprint density at radius 3 is 2.53 bits per heavy atom. The topological polar surface area (TPSA) is 24.5 Å². The van der Waals surface area contributed by atoms with E-state index in [4.69, 9.17) is 4.74 Å². The molecule has 100 valence electrons. The summed E-state index contributed by atoms with van der Waals surface area (Å²) in [4.78, 5) is 2.62. The molecular weight excluding hydrogens is 212 g/mol. The van der Waals surface area contributed by atoms with Crippen LogP contribution in [-0.4, -0.2) is 42.9 Å². The molecule has 0 radical (unpaired) electrons. The maximum absolute atomic E-state index is 5.93. The molecule has 0 spiro atoms. The number of nitrogens with zero attached hydrogens (tertiary/aromatic N) is 1. The van der Waals surface area contributed by atoms with Gasteiger partial charge in [0.25, 0.3) is 0 Å². The lowest BCUT2D eigenvalue weighted by Crippen LogP contribution is -2.49. The highest BCUT2D eigenvalue weighted by molar-refractivity contribution is 4.90. The van der Waals surface area contributed by atoms with Crippen molar-refractivity contribution < 1.29 is 4.74 Å². The minimum Gasteiger partial charge on any atom is -0.360 e. The van der Waals surface area contributed by atoms with Gasteiger partial charge in [-0.15, -0.1) is 0 Å². The number of hydrogen-bond acceptors (Lipinski definition) is 3. The first kappa shape index (κ1) is 13.3. The monoisotopic (exact) mass is 240 g/mol. The Morgan fingerprint density at radius 1 is 1.18 bits per heavy atom. The van der Waals surface area contributed by atoms with Crippen molar-refractivity contribution in [2.75, 3.05) is 19.8 Å². The third-order valence-electron chi connectivity index (χ3n) is 4.19. The normalized spacial score (nSPS) is 33.2. The molecule has 0 aromatic heterocycles. The van der Waals surface area contributed by atoms with Gasteiger partial charge in [0, 0.05) is 12.1 Å². The molecule has 3 atom stereocenters. The van der Waals surface area contributed by atoms with Gasteiger partial charge in [0.1, 0.15) is 0 Å². The highest BCUT2D eigenvalue weighted by atomic mass is 16.5. The summed E-state index contributed by atoms with van der Waals surface area (Å²) in [6, 6.07) is 1.11. The zero-order valence-electron chi connectivity index (χ0n) is 11.6. The van der Waals surface area contributed by atoms with Gasteiger partial charge in [-0.1, -0.05) is 20.3 Å². The molecule has 17 heavy (non-hydrogen) atoms. The SMILES string of the molecule is CC(C)CC1NCOC1C(C)N1CCCCC1. The molecule has 2 heterocycles. The zero-order valence-corrected chi connectivity index (χ0v) is 11.6. The van der Waals surface area contributed by atoms with Gasteiger partial charge < -0.3 is 4.74 Å². The zero-order chi connectivity index (χ0) is 12.3. The quantitative estimate of drug-likeness (QED) is 0.815. The molecule has 0 bridgehead atoms. The molecular formula is C14H28N2O. The molecule has 0 aromatic rings. The Balaban J connectivity index is 1.90. The van der Waals surface area contributed by atoms with Crippen molar-refractivity contribution in [2.24, 2.45) is 5.92 Å². The predicted octanol–water partition coefficient (Wildman–Crippen LogP) is 2.22. The first-order valence-electron chi connectivity index (χ1n) is 7.27. The van der Waals surface area contributed by atoms with Crippen molar-refractivity contribution in [3.8, 4) is 0 Å². The number of nitrogens with one attached hydrogen (secondary N) is 1. The van der Waals surface area contributed by atoms with Crippen LogP contribution in [0.1, 0.15) is 46.5 Å². The number of likely N-dealkylation sites (tertiary alicyclic amines) is 1. The Hall–Kier alpha value is -0.120. The van der Waals surface area contributed by atoms with E-state index in [0.29, 0.717) is 18.2 Å². The summed E-state index contributed by atoms with van der Waals surface area (Å²) in [5.74, 6) is 0.741. The molecule has 3 unspecified atom stereocenters. The Labute approximate surface area is 106 Å². The minimum atomic E-state index is 0.385. The molecule has 3 heteroatoms. The van der Waals surface area contributed by atoms with Crippen LogP contribution in [-0.2, 0) is 4.74 Å². The largest absolute Gasteiger partial charge is 0.360 e. The number of hydrogen-bond donors (Lipinski definition) is 1. The molecule has 2 rings (SSSR count). The standard InChI is InChI=1S/C14H28N2O/c1-11(2)9-13-14(17-10-15-13)12(3)16-7-5-4-6-8-16/h11-15H,4-10H2,1-3H3. The van der Waals surface area contributed by atoms with Crippen LogP contribution in [0, 0.1) is 5.92 Å². The van der Waals surface area contributed by atoms with E-state index in [0.717, 1.165) is 12.6 Å². The van der Waals surface area contributed by atoms with Crippen LogP contribution >= 0.6 is 0 Å². The third kappa shape index (κ3) is 3.43. The first-order chi connectivity index (χ1) is 8.18. The van der Waals surface area contributed by atoms with Gasteiger partial charge in [0.05, 0.1) is 12.8 Å². The van der Waals surface area contributed by atoms with E-state index in [1.807, 2.05) is 0 Å². The van der Waals surface area contributed by atoms with Gasteiger partial charge in [-0.3, -0.25) is 10.2 Å². The summed E-state index contributed by atoms with van der Waals surface area (Å²) >= 11 is 0. The van der Waals surface area contributed by atoms with Crippen molar-refractivity contribution >= 4 is 0 Å². The van der Waals surface area contributed by atoms with Gasteiger partial charge in [-0.2, -0.15) is 0 Å². The summed E-state index contributed by atoms with van der Waals surface area (Å²) in [7, 11) is 0. The van der Waals surface area contributed by atoms with Crippen LogP contribution in [0.15, 0.2) is 0 Å². The summed E-state index contributed by atoms with van der Waals surface area (Å²) in [5, 5.41) is 3.51. The Morgan fingerprint density at radius 2 is 1.88 bits per heavy atom. The van der Waals surface area contributed by atoms with Gasteiger partial charge in [-0.05, 0) is 45.2 Å². The second-order valence-corrected chi connectivity index (χ2v) is 6.05. The molecule has 0 amide bonds. The molecule has 1 N–H and O–H groups in total. The maximum Gasteiger partial charge on any atom is 0.0973 e. The fourth-order valence-electron chi connectivity index (χ4n) is 3.22. The van der Waals surface area contributed by atoms with Crippen LogP contribution in [0.25, 0.3) is 0 Å². The average Bonchev–Trinajstić information content (AvgIpc) is 2.76. The molecule has 0 saturated carbocycles. The fourth-order valence-corrected chi connectivity index (χ4v) is 3.22. The second kappa shape index (κ2) is 6.17. The summed E-state index contributed by atoms with van der Waals surface area (Å²) < 4.78 is 5.93. The summed E-state index contributed by atoms with van der Waals surface area (Å²) in [6.45, 7) is 10.2. The lowest BCUT2D eigenvalue weighted by Gasteiger charge is -2.37. The molecule has 3 nitrogen and oxygen atoms in total. The highest BCUT2D eigenvalue weighted by Crippen LogP contribution is 2.23. The average molecular weight is 240 g/mol. The van der Waals surface area contributed by atoms with Crippen molar-refractivity contribution in [3.63, 3.8) is 0 Å². The molecule has 2 saturated heterocycles.